The number of rotatable bonds is 5. The van der Waals surface area contributed by atoms with Gasteiger partial charge in [0.25, 0.3) is 5.91 Å². The normalized spacial score (nSPS) is 11.8. The maximum absolute atomic E-state index is 12.9. The van der Waals surface area contributed by atoms with Crippen molar-refractivity contribution in [2.45, 2.75) is 19.5 Å². The molecular formula is C18H15F4N3O2. The number of hydrogen-bond acceptors (Lipinski definition) is 3. The number of nitrogens with one attached hydrogen (secondary N) is 2. The average molecular weight is 381 g/mol. The van der Waals surface area contributed by atoms with E-state index in [2.05, 4.69) is 15.8 Å². The number of anilines is 1. The summed E-state index contributed by atoms with van der Waals surface area (Å²) in [6.45, 7) is 1.43. The molecule has 2 aromatic rings. The Kier molecular flexibility index (Phi) is 6.27. The molecule has 142 valence electrons. The Morgan fingerprint density at radius 3 is 2.30 bits per heavy atom. The lowest BCUT2D eigenvalue weighted by molar-refractivity contribution is -0.137. The van der Waals surface area contributed by atoms with Crippen LogP contribution < -0.4 is 10.7 Å². The summed E-state index contributed by atoms with van der Waals surface area (Å²) in [7, 11) is 0. The van der Waals surface area contributed by atoms with Crippen LogP contribution in [0.15, 0.2) is 53.6 Å². The van der Waals surface area contributed by atoms with Crippen LogP contribution in [0.1, 0.15) is 29.3 Å². The van der Waals surface area contributed by atoms with Gasteiger partial charge in [0.05, 0.1) is 17.7 Å². The Balaban J connectivity index is 1.96. The van der Waals surface area contributed by atoms with E-state index >= 15 is 0 Å². The predicted molar refractivity (Wildman–Crippen MR) is 91.7 cm³/mol. The summed E-state index contributed by atoms with van der Waals surface area (Å²) in [5, 5.41) is 5.90. The van der Waals surface area contributed by atoms with Crippen LogP contribution in [-0.2, 0) is 11.0 Å². The van der Waals surface area contributed by atoms with Gasteiger partial charge in [0.15, 0.2) is 0 Å². The van der Waals surface area contributed by atoms with Gasteiger partial charge in [-0.25, -0.2) is 9.82 Å². The van der Waals surface area contributed by atoms with Crippen molar-refractivity contribution in [1.82, 2.24) is 5.43 Å². The maximum atomic E-state index is 12.9. The largest absolute Gasteiger partial charge is 0.418 e. The second kappa shape index (κ2) is 8.43. The smallest absolute Gasteiger partial charge is 0.325 e. The molecule has 0 atom stereocenters. The molecule has 2 rings (SSSR count). The number of hydrazone groups is 1. The number of alkyl halides is 3. The second-order valence-electron chi connectivity index (χ2n) is 5.56. The van der Waals surface area contributed by atoms with E-state index in [4.69, 9.17) is 0 Å². The number of benzene rings is 2. The molecule has 0 saturated heterocycles. The highest BCUT2D eigenvalue weighted by molar-refractivity contribution is 6.06. The van der Waals surface area contributed by atoms with Gasteiger partial charge in [-0.15, -0.1) is 0 Å². The molecule has 0 saturated carbocycles. The van der Waals surface area contributed by atoms with Crippen LogP contribution in [0.2, 0.25) is 0 Å². The molecule has 2 amide bonds. The number of halogens is 4. The fourth-order valence-electron chi connectivity index (χ4n) is 2.12. The van der Waals surface area contributed by atoms with Crippen molar-refractivity contribution in [1.29, 1.82) is 0 Å². The summed E-state index contributed by atoms with van der Waals surface area (Å²) in [5.74, 6) is -1.83. The third-order valence-corrected chi connectivity index (χ3v) is 3.38. The van der Waals surface area contributed by atoms with Crippen LogP contribution in [0.4, 0.5) is 23.2 Å². The van der Waals surface area contributed by atoms with E-state index in [-0.39, 0.29) is 23.4 Å². The minimum Gasteiger partial charge on any atom is -0.325 e. The molecule has 0 spiro atoms. The first-order chi connectivity index (χ1) is 12.7. The number of nitrogens with zero attached hydrogens (tertiary/aromatic N) is 1. The van der Waals surface area contributed by atoms with Crippen molar-refractivity contribution in [3.63, 3.8) is 0 Å². The van der Waals surface area contributed by atoms with Gasteiger partial charge in [-0.3, -0.25) is 9.59 Å². The molecule has 0 aliphatic carbocycles. The van der Waals surface area contributed by atoms with Gasteiger partial charge in [0.2, 0.25) is 5.91 Å². The second-order valence-corrected chi connectivity index (χ2v) is 5.56. The molecule has 0 aliphatic heterocycles. The van der Waals surface area contributed by atoms with E-state index in [0.29, 0.717) is 0 Å². The number of para-hydroxylation sites is 1. The van der Waals surface area contributed by atoms with Crippen molar-refractivity contribution >= 4 is 23.2 Å². The fraction of sp³-hybridized carbons (Fsp3) is 0.167. The zero-order valence-electron chi connectivity index (χ0n) is 14.1. The average Bonchev–Trinajstić information content (AvgIpc) is 2.59. The minimum atomic E-state index is -4.60. The Bertz CT molecular complexity index is 862. The molecule has 9 heteroatoms. The van der Waals surface area contributed by atoms with Crippen LogP contribution in [0.25, 0.3) is 0 Å². The topological polar surface area (TPSA) is 70.6 Å². The van der Waals surface area contributed by atoms with Crippen LogP contribution in [0.3, 0.4) is 0 Å². The van der Waals surface area contributed by atoms with Gasteiger partial charge in [-0.05, 0) is 43.3 Å². The van der Waals surface area contributed by atoms with Gasteiger partial charge >= 0.3 is 6.18 Å². The van der Waals surface area contributed by atoms with E-state index in [0.717, 1.165) is 24.3 Å². The van der Waals surface area contributed by atoms with Crippen molar-refractivity contribution < 1.29 is 27.2 Å². The zero-order valence-corrected chi connectivity index (χ0v) is 14.1. The molecule has 0 heterocycles. The lowest BCUT2D eigenvalue weighted by Crippen LogP contribution is -2.22. The third kappa shape index (κ3) is 5.91. The van der Waals surface area contributed by atoms with Gasteiger partial charge in [0.1, 0.15) is 5.82 Å². The van der Waals surface area contributed by atoms with Crippen LogP contribution >= 0.6 is 0 Å². The van der Waals surface area contributed by atoms with E-state index in [1.807, 2.05) is 0 Å². The van der Waals surface area contributed by atoms with Crippen LogP contribution in [0.5, 0.6) is 0 Å². The first kappa shape index (κ1) is 20.1. The Morgan fingerprint density at radius 1 is 1.04 bits per heavy atom. The summed E-state index contributed by atoms with van der Waals surface area (Å²) < 4.78 is 51.5. The highest BCUT2D eigenvalue weighted by atomic mass is 19.4. The molecule has 0 aromatic heterocycles. The summed E-state index contributed by atoms with van der Waals surface area (Å²) >= 11 is 0. The van der Waals surface area contributed by atoms with Crippen molar-refractivity contribution in [2.24, 2.45) is 5.10 Å². The molecule has 2 aromatic carbocycles. The molecular weight excluding hydrogens is 366 g/mol. The summed E-state index contributed by atoms with van der Waals surface area (Å²) in [6, 6.07) is 9.33. The Hall–Kier alpha value is -3.23. The van der Waals surface area contributed by atoms with E-state index in [1.54, 1.807) is 0 Å². The minimum absolute atomic E-state index is 0.163. The maximum Gasteiger partial charge on any atom is 0.418 e. The summed E-state index contributed by atoms with van der Waals surface area (Å²) in [6.07, 6.45) is -4.92. The Labute approximate surface area is 152 Å². The molecule has 0 fully saturated rings. The first-order valence-corrected chi connectivity index (χ1v) is 7.72. The van der Waals surface area contributed by atoms with Gasteiger partial charge < -0.3 is 5.32 Å². The van der Waals surface area contributed by atoms with E-state index < -0.39 is 29.4 Å². The number of carbonyl (C=O) groups excluding carboxylic acids is 2. The number of hydrogen-bond donors (Lipinski definition) is 2. The van der Waals surface area contributed by atoms with Crippen LogP contribution in [0, 0.1) is 5.82 Å². The lowest BCUT2D eigenvalue weighted by atomic mass is 10.1. The van der Waals surface area contributed by atoms with E-state index in [9.17, 15) is 27.2 Å². The molecule has 0 bridgehead atoms. The molecule has 2 N–H and O–H groups in total. The van der Waals surface area contributed by atoms with Crippen molar-refractivity contribution in [2.75, 3.05) is 5.32 Å². The van der Waals surface area contributed by atoms with Crippen LogP contribution in [-0.4, -0.2) is 17.5 Å². The van der Waals surface area contributed by atoms with Gasteiger partial charge in [-0.1, -0.05) is 12.1 Å². The molecule has 5 nitrogen and oxygen atoms in total. The molecule has 27 heavy (non-hydrogen) atoms. The zero-order chi connectivity index (χ0) is 20.0. The summed E-state index contributed by atoms with van der Waals surface area (Å²) in [4.78, 5) is 23.8. The number of amides is 2. The monoisotopic (exact) mass is 381 g/mol. The Morgan fingerprint density at radius 2 is 1.67 bits per heavy atom. The molecule has 0 radical (unpaired) electrons. The van der Waals surface area contributed by atoms with Crippen molar-refractivity contribution in [3.05, 3.63) is 65.5 Å². The quantitative estimate of drug-likeness (QED) is 0.467. The van der Waals surface area contributed by atoms with E-state index in [1.165, 1.54) is 31.2 Å². The predicted octanol–water partition coefficient (Wildman–Crippen LogP) is 3.98. The van der Waals surface area contributed by atoms with Crippen molar-refractivity contribution in [3.8, 4) is 0 Å². The SMILES string of the molecule is C/C(CC(=O)Nc1ccccc1C(F)(F)F)=N/NC(=O)c1ccc(F)cc1. The number of carbonyl (C=O) groups is 2. The fourth-order valence-corrected chi connectivity index (χ4v) is 2.12. The molecule has 0 aliphatic rings. The highest BCUT2D eigenvalue weighted by Crippen LogP contribution is 2.34. The molecule has 0 unspecified atom stereocenters. The third-order valence-electron chi connectivity index (χ3n) is 3.38. The summed E-state index contributed by atoms with van der Waals surface area (Å²) in [5.41, 5.74) is 1.20. The highest BCUT2D eigenvalue weighted by Gasteiger charge is 2.33. The lowest BCUT2D eigenvalue weighted by Gasteiger charge is -2.13. The standard InChI is InChI=1S/C18H15F4N3O2/c1-11(24-25-17(27)12-6-8-13(19)9-7-12)10-16(26)23-15-5-3-2-4-14(15)18(20,21)22/h2-9H,10H2,1H3,(H,23,26)(H,25,27)/b24-11-. The van der Waals surface area contributed by atoms with Gasteiger partial charge in [-0.2, -0.15) is 18.3 Å². The first-order valence-electron chi connectivity index (χ1n) is 7.72. The van der Waals surface area contributed by atoms with Gasteiger partial charge in [0, 0.05) is 11.3 Å².